The molecule has 5 heteroatoms. The Morgan fingerprint density at radius 2 is 2.08 bits per heavy atom. The second kappa shape index (κ2) is 8.37. The summed E-state index contributed by atoms with van der Waals surface area (Å²) in [6.07, 6.45) is 3.56. The second-order valence-electron chi connectivity index (χ2n) is 7.16. The summed E-state index contributed by atoms with van der Waals surface area (Å²) < 4.78 is 0. The van der Waals surface area contributed by atoms with Crippen molar-refractivity contribution in [2.24, 2.45) is 10.9 Å². The number of nitrogens with one attached hydrogen (secondary N) is 2. The minimum absolute atomic E-state index is 0.249. The van der Waals surface area contributed by atoms with Crippen LogP contribution in [0, 0.1) is 5.92 Å². The van der Waals surface area contributed by atoms with Crippen LogP contribution < -0.4 is 10.6 Å². The summed E-state index contributed by atoms with van der Waals surface area (Å²) in [6.45, 7) is 7.46. The number of hydrogen-bond donors (Lipinski definition) is 2. The van der Waals surface area contributed by atoms with Crippen LogP contribution >= 0.6 is 0 Å². The first kappa shape index (κ1) is 17.8. The lowest BCUT2D eigenvalue weighted by molar-refractivity contribution is -0.132. The van der Waals surface area contributed by atoms with Crippen molar-refractivity contribution in [3.05, 3.63) is 35.4 Å². The van der Waals surface area contributed by atoms with Gasteiger partial charge in [0.2, 0.25) is 5.91 Å². The van der Waals surface area contributed by atoms with Crippen LogP contribution in [0.5, 0.6) is 0 Å². The maximum Gasteiger partial charge on any atom is 0.222 e. The van der Waals surface area contributed by atoms with Gasteiger partial charge in [-0.3, -0.25) is 9.79 Å². The third kappa shape index (κ3) is 4.97. The molecular formula is C20H30N4O. The first-order chi connectivity index (χ1) is 12.2. The monoisotopic (exact) mass is 342 g/mol. The highest BCUT2D eigenvalue weighted by atomic mass is 16.2. The molecule has 5 nitrogen and oxygen atoms in total. The average Bonchev–Trinajstić information content (AvgIpc) is 3.32. The van der Waals surface area contributed by atoms with Crippen molar-refractivity contribution >= 4 is 11.9 Å². The number of carbonyl (C=O) groups is 1. The Hall–Kier alpha value is -2.04. The molecule has 25 heavy (non-hydrogen) atoms. The van der Waals surface area contributed by atoms with Crippen molar-refractivity contribution < 1.29 is 4.79 Å². The van der Waals surface area contributed by atoms with Crippen molar-refractivity contribution in [2.45, 2.75) is 52.1 Å². The van der Waals surface area contributed by atoms with E-state index in [2.05, 4.69) is 53.7 Å². The first-order valence-electron chi connectivity index (χ1n) is 9.56. The van der Waals surface area contributed by atoms with Gasteiger partial charge in [0.1, 0.15) is 0 Å². The van der Waals surface area contributed by atoms with Crippen LogP contribution in [0.3, 0.4) is 0 Å². The molecule has 1 fully saturated rings. The zero-order valence-electron chi connectivity index (χ0n) is 15.4. The maximum atomic E-state index is 12.5. The molecule has 2 atom stereocenters. The van der Waals surface area contributed by atoms with Gasteiger partial charge in [0.15, 0.2) is 5.96 Å². The van der Waals surface area contributed by atoms with E-state index < -0.39 is 0 Å². The average molecular weight is 342 g/mol. The topological polar surface area (TPSA) is 56.7 Å². The van der Waals surface area contributed by atoms with E-state index in [9.17, 15) is 4.79 Å². The highest BCUT2D eigenvalue weighted by Crippen LogP contribution is 2.28. The Balaban J connectivity index is 1.42. The second-order valence-corrected chi connectivity index (χ2v) is 7.16. The van der Waals surface area contributed by atoms with Crippen molar-refractivity contribution in [3.63, 3.8) is 0 Å². The fraction of sp³-hybridized carbons (Fsp3) is 0.600. The molecule has 1 saturated carbocycles. The highest BCUT2D eigenvalue weighted by Gasteiger charge is 2.33. The van der Waals surface area contributed by atoms with Crippen LogP contribution in [-0.2, 0) is 17.8 Å². The summed E-state index contributed by atoms with van der Waals surface area (Å²) in [5.41, 5.74) is 2.67. The fourth-order valence-corrected chi connectivity index (χ4v) is 3.31. The summed E-state index contributed by atoms with van der Waals surface area (Å²) in [5.74, 6) is 1.88. The zero-order chi connectivity index (χ0) is 17.6. The van der Waals surface area contributed by atoms with Gasteiger partial charge in [0.25, 0.3) is 0 Å². The SMILES string of the molecule is CCNC(=NCCCC(=O)N1CCc2ccccc2C1)NC1CC1C. The number of benzene rings is 1. The van der Waals surface area contributed by atoms with Crippen molar-refractivity contribution in [1.29, 1.82) is 0 Å². The number of hydrogen-bond acceptors (Lipinski definition) is 2. The molecule has 3 rings (SSSR count). The fourth-order valence-electron chi connectivity index (χ4n) is 3.31. The molecule has 1 aliphatic heterocycles. The molecule has 1 aromatic rings. The predicted molar refractivity (Wildman–Crippen MR) is 101 cm³/mol. The van der Waals surface area contributed by atoms with Gasteiger partial charge < -0.3 is 15.5 Å². The molecule has 2 aliphatic rings. The normalized spacial score (nSPS) is 22.3. The van der Waals surface area contributed by atoms with Gasteiger partial charge in [0.05, 0.1) is 0 Å². The van der Waals surface area contributed by atoms with Crippen LogP contribution in [0.15, 0.2) is 29.3 Å². The lowest BCUT2D eigenvalue weighted by atomic mass is 9.99. The van der Waals surface area contributed by atoms with E-state index in [0.29, 0.717) is 19.0 Å². The molecule has 1 heterocycles. The zero-order valence-corrected chi connectivity index (χ0v) is 15.4. The Morgan fingerprint density at radius 1 is 1.32 bits per heavy atom. The number of aliphatic imine (C=N–C) groups is 1. The van der Waals surface area contributed by atoms with E-state index in [4.69, 9.17) is 0 Å². The van der Waals surface area contributed by atoms with Gasteiger partial charge in [-0.2, -0.15) is 0 Å². The van der Waals surface area contributed by atoms with E-state index in [1.54, 1.807) is 0 Å². The molecular weight excluding hydrogens is 312 g/mol. The Bertz CT molecular complexity index is 628. The standard InChI is InChI=1S/C20H30N4O/c1-3-21-20(23-18-13-15(18)2)22-11-6-9-19(25)24-12-10-16-7-4-5-8-17(16)14-24/h4-5,7-8,15,18H,3,6,9-14H2,1-2H3,(H2,21,22,23). The minimum Gasteiger partial charge on any atom is -0.357 e. The third-order valence-corrected chi connectivity index (χ3v) is 5.08. The van der Waals surface area contributed by atoms with Crippen molar-refractivity contribution in [1.82, 2.24) is 15.5 Å². The van der Waals surface area contributed by atoms with Crippen molar-refractivity contribution in [2.75, 3.05) is 19.6 Å². The summed E-state index contributed by atoms with van der Waals surface area (Å²) in [7, 11) is 0. The Kier molecular flexibility index (Phi) is 5.95. The van der Waals surface area contributed by atoms with Crippen LogP contribution in [0.1, 0.15) is 44.2 Å². The molecule has 0 spiro atoms. The summed E-state index contributed by atoms with van der Waals surface area (Å²) in [6, 6.07) is 8.99. The summed E-state index contributed by atoms with van der Waals surface area (Å²) in [4.78, 5) is 19.0. The molecule has 0 aromatic heterocycles. The molecule has 0 saturated heterocycles. The van der Waals surface area contributed by atoms with Gasteiger partial charge in [-0.05, 0) is 43.2 Å². The van der Waals surface area contributed by atoms with Gasteiger partial charge in [0, 0.05) is 38.6 Å². The summed E-state index contributed by atoms with van der Waals surface area (Å²) in [5, 5.41) is 6.73. The molecule has 0 bridgehead atoms. The van der Waals surface area contributed by atoms with Gasteiger partial charge in [-0.25, -0.2) is 0 Å². The van der Waals surface area contributed by atoms with Crippen LogP contribution in [0.2, 0.25) is 0 Å². The Labute approximate surface area is 150 Å². The number of nitrogens with zero attached hydrogens (tertiary/aromatic N) is 2. The third-order valence-electron chi connectivity index (χ3n) is 5.08. The molecule has 2 N–H and O–H groups in total. The lowest BCUT2D eigenvalue weighted by Gasteiger charge is -2.28. The van der Waals surface area contributed by atoms with Gasteiger partial charge in [-0.1, -0.05) is 31.2 Å². The highest BCUT2D eigenvalue weighted by molar-refractivity contribution is 5.80. The smallest absolute Gasteiger partial charge is 0.222 e. The van der Waals surface area contributed by atoms with E-state index in [-0.39, 0.29) is 5.91 Å². The molecule has 1 aliphatic carbocycles. The minimum atomic E-state index is 0.249. The van der Waals surface area contributed by atoms with Crippen LogP contribution in [0.25, 0.3) is 0 Å². The van der Waals surface area contributed by atoms with Gasteiger partial charge in [-0.15, -0.1) is 0 Å². The molecule has 2 unspecified atom stereocenters. The predicted octanol–water partition coefficient (Wildman–Crippen LogP) is 2.31. The van der Waals surface area contributed by atoms with Crippen molar-refractivity contribution in [3.8, 4) is 0 Å². The van der Waals surface area contributed by atoms with Crippen LogP contribution in [0.4, 0.5) is 0 Å². The number of carbonyl (C=O) groups excluding carboxylic acids is 1. The van der Waals surface area contributed by atoms with E-state index in [1.165, 1.54) is 17.5 Å². The number of amides is 1. The maximum absolute atomic E-state index is 12.5. The number of rotatable bonds is 6. The van der Waals surface area contributed by atoms with Gasteiger partial charge >= 0.3 is 0 Å². The van der Waals surface area contributed by atoms with Crippen LogP contribution in [-0.4, -0.2) is 42.4 Å². The molecule has 0 radical (unpaired) electrons. The molecule has 1 aromatic carbocycles. The lowest BCUT2D eigenvalue weighted by Crippen LogP contribution is -2.39. The number of guanidine groups is 1. The largest absolute Gasteiger partial charge is 0.357 e. The Morgan fingerprint density at radius 3 is 2.80 bits per heavy atom. The van der Waals surface area contributed by atoms with E-state index >= 15 is 0 Å². The van der Waals surface area contributed by atoms with E-state index in [0.717, 1.165) is 44.4 Å². The first-order valence-corrected chi connectivity index (χ1v) is 9.56. The number of fused-ring (bicyclic) bond motifs is 1. The quantitative estimate of drug-likeness (QED) is 0.474. The molecule has 1 amide bonds. The molecule has 136 valence electrons. The summed E-state index contributed by atoms with van der Waals surface area (Å²) >= 11 is 0. The van der Waals surface area contributed by atoms with E-state index in [1.807, 2.05) is 4.90 Å².